The molecule has 1 aromatic carbocycles. The van der Waals surface area contributed by atoms with Gasteiger partial charge in [-0.1, -0.05) is 41.9 Å². The molecular weight excluding hydrogens is 354 g/mol. The minimum Gasteiger partial charge on any atom is -0.336 e. The molecule has 26 heavy (non-hydrogen) atoms. The molecule has 2 aromatic heterocycles. The van der Waals surface area contributed by atoms with Gasteiger partial charge in [0.2, 0.25) is 0 Å². The molecule has 7 nitrogen and oxygen atoms in total. The van der Waals surface area contributed by atoms with E-state index in [1.807, 2.05) is 30.3 Å². The van der Waals surface area contributed by atoms with Gasteiger partial charge in [0, 0.05) is 6.20 Å². The second-order valence-electron chi connectivity index (χ2n) is 6.01. The van der Waals surface area contributed by atoms with Gasteiger partial charge in [-0.25, -0.2) is 9.97 Å². The first-order valence-corrected chi connectivity index (χ1v) is 8.25. The number of halogens is 1. The second kappa shape index (κ2) is 5.96. The number of benzene rings is 1. The van der Waals surface area contributed by atoms with Crippen molar-refractivity contribution < 1.29 is 4.79 Å². The Morgan fingerprint density at radius 2 is 1.96 bits per heavy atom. The largest absolute Gasteiger partial charge is 0.336 e. The average molecular weight is 368 g/mol. The minimum absolute atomic E-state index is 0.135. The Labute approximate surface area is 153 Å². The Balaban J connectivity index is 1.92. The normalized spacial score (nSPS) is 18.3. The van der Waals surface area contributed by atoms with Gasteiger partial charge >= 0.3 is 0 Å². The first-order chi connectivity index (χ1) is 12.5. The van der Waals surface area contributed by atoms with Crippen LogP contribution in [-0.4, -0.2) is 20.4 Å². The Kier molecular flexibility index (Phi) is 3.73. The van der Waals surface area contributed by atoms with Gasteiger partial charge in [-0.3, -0.25) is 14.2 Å². The molecule has 1 amide bonds. The highest BCUT2D eigenvalue weighted by atomic mass is 35.5. The maximum absolute atomic E-state index is 13.2. The number of rotatable bonds is 3. The monoisotopic (exact) mass is 367 g/mol. The lowest BCUT2D eigenvalue weighted by Crippen LogP contribution is -2.45. The third kappa shape index (κ3) is 2.44. The zero-order valence-corrected chi connectivity index (χ0v) is 14.5. The molecule has 0 fully saturated rings. The van der Waals surface area contributed by atoms with Gasteiger partial charge in [-0.15, -0.1) is 0 Å². The third-order valence-corrected chi connectivity index (χ3v) is 4.64. The Bertz CT molecular complexity index is 1050. The van der Waals surface area contributed by atoms with Gasteiger partial charge in [0.1, 0.15) is 29.2 Å². The number of fused-ring (bicyclic) bond motifs is 1. The summed E-state index contributed by atoms with van der Waals surface area (Å²) >= 11 is 6.33. The Morgan fingerprint density at radius 1 is 1.19 bits per heavy atom. The summed E-state index contributed by atoms with van der Waals surface area (Å²) in [6.45, 7) is 1.77. The van der Waals surface area contributed by atoms with Gasteiger partial charge in [-0.05, 0) is 24.6 Å². The molecule has 0 radical (unpaired) electrons. The number of carbonyl (C=O) groups excluding carboxylic acids is 1. The number of amides is 1. The summed E-state index contributed by atoms with van der Waals surface area (Å²) in [6.07, 6.45) is 2.93. The molecule has 3 aromatic rings. The van der Waals surface area contributed by atoms with E-state index in [-0.39, 0.29) is 22.0 Å². The summed E-state index contributed by atoms with van der Waals surface area (Å²) in [5, 5.41) is 5.99. The van der Waals surface area contributed by atoms with Crippen LogP contribution in [0.3, 0.4) is 0 Å². The van der Waals surface area contributed by atoms with Crippen LogP contribution in [-0.2, 0) is 5.66 Å². The quantitative estimate of drug-likeness (QED) is 0.742. The van der Waals surface area contributed by atoms with Crippen LogP contribution < -0.4 is 16.2 Å². The lowest BCUT2D eigenvalue weighted by atomic mass is 10.0. The van der Waals surface area contributed by atoms with E-state index in [0.717, 1.165) is 5.56 Å². The summed E-state index contributed by atoms with van der Waals surface area (Å²) < 4.78 is 1.39. The second-order valence-corrected chi connectivity index (χ2v) is 6.41. The molecule has 1 aliphatic heterocycles. The fourth-order valence-corrected chi connectivity index (χ4v) is 3.39. The molecule has 4 rings (SSSR count). The lowest BCUT2D eigenvalue weighted by molar-refractivity contribution is 0.0941. The zero-order valence-electron chi connectivity index (χ0n) is 13.7. The summed E-state index contributed by atoms with van der Waals surface area (Å²) in [6, 6.07) is 12.3. The SMILES string of the molecule is CC1(c2ccccc2)NC(=O)c2c(Cl)cc(Nc3ccncn3)c(=O)n21. The van der Waals surface area contributed by atoms with Crippen molar-refractivity contribution in [1.29, 1.82) is 0 Å². The molecule has 0 saturated carbocycles. The zero-order chi connectivity index (χ0) is 18.3. The number of anilines is 2. The molecule has 1 atom stereocenters. The molecule has 0 bridgehead atoms. The number of hydrogen-bond donors (Lipinski definition) is 2. The topological polar surface area (TPSA) is 88.9 Å². The van der Waals surface area contributed by atoms with Gasteiger partial charge in [0.25, 0.3) is 11.5 Å². The van der Waals surface area contributed by atoms with Crippen LogP contribution in [0.5, 0.6) is 0 Å². The van der Waals surface area contributed by atoms with E-state index < -0.39 is 11.6 Å². The van der Waals surface area contributed by atoms with Crippen LogP contribution >= 0.6 is 11.6 Å². The van der Waals surface area contributed by atoms with Crippen molar-refractivity contribution in [3.8, 4) is 0 Å². The smallest absolute Gasteiger partial charge is 0.277 e. The predicted octanol–water partition coefficient (Wildman–Crippen LogP) is 2.50. The number of carbonyl (C=O) groups is 1. The lowest BCUT2D eigenvalue weighted by Gasteiger charge is -2.28. The summed E-state index contributed by atoms with van der Waals surface area (Å²) in [5.41, 5.74) is -0.304. The molecule has 2 N–H and O–H groups in total. The average Bonchev–Trinajstić information content (AvgIpc) is 2.93. The standard InChI is InChI=1S/C18H14ClN5O2/c1-18(11-5-3-2-4-6-11)23-16(25)15-12(19)9-13(17(26)24(15)18)22-14-7-8-20-10-21-14/h2-10H,1H3,(H,23,25)(H,20,21,22). The van der Waals surface area contributed by atoms with E-state index in [1.54, 1.807) is 19.2 Å². The van der Waals surface area contributed by atoms with Crippen LogP contribution in [0.4, 0.5) is 11.5 Å². The van der Waals surface area contributed by atoms with Crippen molar-refractivity contribution in [2.75, 3.05) is 5.32 Å². The number of pyridine rings is 1. The molecule has 3 heterocycles. The van der Waals surface area contributed by atoms with Gasteiger partial charge in [0.05, 0.1) is 5.02 Å². The number of hydrogen-bond acceptors (Lipinski definition) is 5. The molecule has 130 valence electrons. The van der Waals surface area contributed by atoms with Crippen LogP contribution in [0.15, 0.2) is 59.8 Å². The predicted molar refractivity (Wildman–Crippen MR) is 97.7 cm³/mol. The summed E-state index contributed by atoms with van der Waals surface area (Å²) in [4.78, 5) is 33.6. The van der Waals surface area contributed by atoms with E-state index in [0.29, 0.717) is 5.82 Å². The van der Waals surface area contributed by atoms with Gasteiger partial charge in [-0.2, -0.15) is 0 Å². The minimum atomic E-state index is -1.04. The molecule has 1 unspecified atom stereocenters. The third-order valence-electron chi connectivity index (χ3n) is 4.35. The molecule has 0 saturated heterocycles. The highest BCUT2D eigenvalue weighted by Crippen LogP contribution is 2.33. The van der Waals surface area contributed by atoms with Crippen molar-refractivity contribution in [2.45, 2.75) is 12.6 Å². The molecule has 1 aliphatic rings. The first kappa shape index (κ1) is 16.3. The van der Waals surface area contributed by atoms with Crippen LogP contribution in [0.2, 0.25) is 5.02 Å². The maximum Gasteiger partial charge on any atom is 0.277 e. The highest BCUT2D eigenvalue weighted by molar-refractivity contribution is 6.34. The van der Waals surface area contributed by atoms with Gasteiger partial charge < -0.3 is 10.6 Å². The Morgan fingerprint density at radius 3 is 2.65 bits per heavy atom. The molecule has 8 heteroatoms. The fourth-order valence-electron chi connectivity index (χ4n) is 3.11. The number of aromatic nitrogens is 3. The number of nitrogens with zero attached hydrogens (tertiary/aromatic N) is 3. The fraction of sp³-hybridized carbons (Fsp3) is 0.111. The van der Waals surface area contributed by atoms with Crippen molar-refractivity contribution >= 4 is 29.0 Å². The molecule has 0 spiro atoms. The van der Waals surface area contributed by atoms with Crippen molar-refractivity contribution in [2.24, 2.45) is 0 Å². The van der Waals surface area contributed by atoms with Crippen molar-refractivity contribution in [3.63, 3.8) is 0 Å². The first-order valence-electron chi connectivity index (χ1n) is 7.88. The van der Waals surface area contributed by atoms with Crippen LogP contribution in [0, 0.1) is 0 Å². The highest BCUT2D eigenvalue weighted by Gasteiger charge is 2.43. The van der Waals surface area contributed by atoms with E-state index >= 15 is 0 Å². The van der Waals surface area contributed by atoms with E-state index in [4.69, 9.17) is 11.6 Å². The van der Waals surface area contributed by atoms with Crippen molar-refractivity contribution in [1.82, 2.24) is 19.9 Å². The molecular formula is C18H14ClN5O2. The maximum atomic E-state index is 13.2. The van der Waals surface area contributed by atoms with E-state index in [9.17, 15) is 9.59 Å². The van der Waals surface area contributed by atoms with Crippen molar-refractivity contribution in [3.05, 3.63) is 81.6 Å². The van der Waals surface area contributed by atoms with E-state index in [2.05, 4.69) is 20.6 Å². The van der Waals surface area contributed by atoms with E-state index in [1.165, 1.54) is 17.0 Å². The summed E-state index contributed by atoms with van der Waals surface area (Å²) in [7, 11) is 0. The van der Waals surface area contributed by atoms with Gasteiger partial charge in [0.15, 0.2) is 0 Å². The van der Waals surface area contributed by atoms with Crippen LogP contribution in [0.1, 0.15) is 23.0 Å². The molecule has 0 aliphatic carbocycles. The number of nitrogens with one attached hydrogen (secondary N) is 2. The summed E-state index contributed by atoms with van der Waals surface area (Å²) in [5.74, 6) is 0.0550. The Hall–Kier alpha value is -3.19. The van der Waals surface area contributed by atoms with Crippen LogP contribution in [0.25, 0.3) is 0 Å².